The topological polar surface area (TPSA) is 77.1 Å². The van der Waals surface area contributed by atoms with Crippen LogP contribution in [0.15, 0.2) is 71.8 Å². The number of rotatable bonds is 4. The van der Waals surface area contributed by atoms with E-state index < -0.39 is 11.1 Å². The largest absolute Gasteiger partial charge is 0.768 e. The van der Waals surface area contributed by atoms with Crippen molar-refractivity contribution >= 4 is 11.1 Å². The number of hydrogen-bond acceptors (Lipinski definition) is 5. The van der Waals surface area contributed by atoms with E-state index in [-0.39, 0.29) is 6.04 Å². The lowest BCUT2D eigenvalue weighted by atomic mass is 9.92. The van der Waals surface area contributed by atoms with Crippen LogP contribution in [0.4, 0.5) is 0 Å². The molecule has 2 aromatic carbocycles. The minimum atomic E-state index is -2.17. The molecule has 1 aliphatic heterocycles. The van der Waals surface area contributed by atoms with Crippen molar-refractivity contribution < 1.29 is 8.76 Å². The molecule has 2 atom stereocenters. The predicted octanol–water partition coefficient (Wildman–Crippen LogP) is 3.82. The van der Waals surface area contributed by atoms with Crippen molar-refractivity contribution in [2.75, 3.05) is 6.54 Å². The van der Waals surface area contributed by atoms with Crippen LogP contribution in [-0.4, -0.2) is 20.3 Å². The van der Waals surface area contributed by atoms with Crippen molar-refractivity contribution in [1.29, 1.82) is 0 Å². The zero-order valence-corrected chi connectivity index (χ0v) is 18.4. The van der Waals surface area contributed by atoms with Crippen molar-refractivity contribution in [2.24, 2.45) is 0 Å². The minimum absolute atomic E-state index is 0.247. The quantitative estimate of drug-likeness (QED) is 0.611. The van der Waals surface area contributed by atoms with Gasteiger partial charge in [-0.05, 0) is 83.8 Å². The van der Waals surface area contributed by atoms with Crippen molar-refractivity contribution in [1.82, 2.24) is 15.6 Å². The number of fused-ring (bicyclic) bond motifs is 2. The van der Waals surface area contributed by atoms with Crippen LogP contribution in [0.2, 0.25) is 0 Å². The molecular weight excluding hydrogens is 406 g/mol. The molecule has 1 aromatic heterocycles. The zero-order valence-electron chi connectivity index (χ0n) is 17.5. The third-order valence-corrected chi connectivity index (χ3v) is 6.48. The van der Waals surface area contributed by atoms with Crippen LogP contribution >= 0.6 is 0 Å². The van der Waals surface area contributed by atoms with Crippen LogP contribution in [0, 0.1) is 0 Å². The summed E-state index contributed by atoms with van der Waals surface area (Å²) in [5, 5.41) is 6.84. The van der Waals surface area contributed by atoms with Crippen molar-refractivity contribution in [3.63, 3.8) is 0 Å². The summed E-state index contributed by atoms with van der Waals surface area (Å²) in [7, 11) is 0. The Balaban J connectivity index is 0.000000192. The third kappa shape index (κ3) is 5.86. The van der Waals surface area contributed by atoms with Gasteiger partial charge in [-0.3, -0.25) is 9.19 Å². The Morgan fingerprint density at radius 2 is 1.87 bits per heavy atom. The highest BCUT2D eigenvalue weighted by Crippen LogP contribution is 2.28. The number of hydrogen-bond donors (Lipinski definition) is 2. The normalized spacial score (nSPS) is 18.2. The monoisotopic (exact) mass is 434 g/mol. The highest BCUT2D eigenvalue weighted by Gasteiger charge is 2.20. The van der Waals surface area contributed by atoms with Gasteiger partial charge < -0.3 is 15.2 Å². The summed E-state index contributed by atoms with van der Waals surface area (Å²) in [6.45, 7) is 2.83. The summed E-state index contributed by atoms with van der Waals surface area (Å²) in [6.07, 6.45) is 6.33. The highest BCUT2D eigenvalue weighted by atomic mass is 32.2. The first-order valence-electron chi connectivity index (χ1n) is 10.8. The molecule has 0 bridgehead atoms. The first-order valence-corrected chi connectivity index (χ1v) is 11.9. The fraction of sp³-hybridized carbons (Fsp3) is 0.320. The second-order valence-corrected chi connectivity index (χ2v) is 8.89. The van der Waals surface area contributed by atoms with E-state index in [0.717, 1.165) is 43.6 Å². The SMILES string of the molecule is O=S([O-])c1cccc(CNC2CCCc3cccnc32)c1.c1ccc2c(c1)CCNC2. The number of pyridine rings is 1. The molecule has 5 rings (SSSR count). The zero-order chi connectivity index (χ0) is 21.5. The second-order valence-electron chi connectivity index (χ2n) is 7.95. The third-order valence-electron chi connectivity index (χ3n) is 5.84. The van der Waals surface area contributed by atoms with Crippen LogP contribution < -0.4 is 10.6 Å². The van der Waals surface area contributed by atoms with Gasteiger partial charge in [-0.25, -0.2) is 0 Å². The van der Waals surface area contributed by atoms with E-state index in [0.29, 0.717) is 11.4 Å². The van der Waals surface area contributed by atoms with Crippen molar-refractivity contribution in [2.45, 2.75) is 49.7 Å². The molecule has 3 aromatic rings. The number of benzene rings is 2. The van der Waals surface area contributed by atoms with Gasteiger partial charge in [0.25, 0.3) is 0 Å². The van der Waals surface area contributed by atoms with Gasteiger partial charge in [-0.2, -0.15) is 0 Å². The standard InChI is InChI=1S/C16H18N2O2S.C9H11N/c19-21(20)14-7-1-4-12(10-14)11-18-15-8-2-5-13-6-3-9-17-16(13)15;1-2-4-9-7-10-6-5-8(9)3-1/h1,3-4,6-7,9-10,15,18H,2,5,8,11H2,(H,19,20);1-4,10H,5-7H2/p-1. The Kier molecular flexibility index (Phi) is 7.59. The lowest BCUT2D eigenvalue weighted by Gasteiger charge is -2.25. The average molecular weight is 435 g/mol. The van der Waals surface area contributed by atoms with Gasteiger partial charge in [-0.15, -0.1) is 0 Å². The molecule has 0 saturated carbocycles. The molecule has 0 amide bonds. The first-order chi connectivity index (χ1) is 15.2. The Morgan fingerprint density at radius 1 is 1.03 bits per heavy atom. The Morgan fingerprint density at radius 3 is 2.71 bits per heavy atom. The predicted molar refractivity (Wildman–Crippen MR) is 122 cm³/mol. The minimum Gasteiger partial charge on any atom is -0.768 e. The average Bonchev–Trinajstić information content (AvgIpc) is 2.83. The first kappa shape index (κ1) is 21.8. The molecule has 6 heteroatoms. The molecule has 162 valence electrons. The van der Waals surface area contributed by atoms with Gasteiger partial charge in [0, 0.05) is 24.2 Å². The highest BCUT2D eigenvalue weighted by molar-refractivity contribution is 7.79. The van der Waals surface area contributed by atoms with Gasteiger partial charge in [0.1, 0.15) is 0 Å². The Labute approximate surface area is 186 Å². The van der Waals surface area contributed by atoms with E-state index in [2.05, 4.69) is 45.9 Å². The molecule has 5 nitrogen and oxygen atoms in total. The van der Waals surface area contributed by atoms with Gasteiger partial charge in [0.15, 0.2) is 0 Å². The second kappa shape index (κ2) is 10.8. The fourth-order valence-corrected chi connectivity index (χ4v) is 4.67. The van der Waals surface area contributed by atoms with Crippen LogP contribution in [0.1, 0.15) is 46.8 Å². The summed E-state index contributed by atoms with van der Waals surface area (Å²) in [5.41, 5.74) is 6.40. The maximum absolute atomic E-state index is 11.0. The Hall–Kier alpha value is -2.38. The molecule has 2 heterocycles. The van der Waals surface area contributed by atoms with Gasteiger partial charge in [0.05, 0.1) is 11.7 Å². The van der Waals surface area contributed by atoms with Crippen LogP contribution in [0.5, 0.6) is 0 Å². The van der Waals surface area contributed by atoms with Crippen LogP contribution in [0.3, 0.4) is 0 Å². The number of aryl methyl sites for hydroxylation is 1. The molecule has 1 aliphatic carbocycles. The molecular formula is C25H28N3O2S-. The van der Waals surface area contributed by atoms with Gasteiger partial charge in [0.2, 0.25) is 0 Å². The number of nitrogens with one attached hydrogen (secondary N) is 2. The molecule has 2 aliphatic rings. The summed E-state index contributed by atoms with van der Waals surface area (Å²) in [6, 6.07) is 20.0. The summed E-state index contributed by atoms with van der Waals surface area (Å²) in [4.78, 5) is 4.83. The van der Waals surface area contributed by atoms with Crippen molar-refractivity contribution in [3.05, 3.63) is 94.8 Å². The van der Waals surface area contributed by atoms with Gasteiger partial charge >= 0.3 is 0 Å². The van der Waals surface area contributed by atoms with Crippen molar-refractivity contribution in [3.8, 4) is 0 Å². The molecule has 2 unspecified atom stereocenters. The van der Waals surface area contributed by atoms with E-state index in [1.54, 1.807) is 18.2 Å². The molecule has 0 radical (unpaired) electrons. The van der Waals surface area contributed by atoms with E-state index in [4.69, 9.17) is 0 Å². The number of nitrogens with zero attached hydrogens (tertiary/aromatic N) is 1. The molecule has 2 N–H and O–H groups in total. The molecule has 0 spiro atoms. The van der Waals surface area contributed by atoms with Crippen LogP contribution in [0.25, 0.3) is 0 Å². The molecule has 0 saturated heterocycles. The fourth-order valence-electron chi connectivity index (χ4n) is 4.23. The Bertz CT molecular complexity index is 1020. The molecule has 31 heavy (non-hydrogen) atoms. The van der Waals surface area contributed by atoms with E-state index in [1.165, 1.54) is 23.1 Å². The number of aromatic nitrogens is 1. The van der Waals surface area contributed by atoms with Crippen LogP contribution in [-0.2, 0) is 37.0 Å². The van der Waals surface area contributed by atoms with E-state index >= 15 is 0 Å². The summed E-state index contributed by atoms with van der Waals surface area (Å²) in [5.74, 6) is 0. The van der Waals surface area contributed by atoms with E-state index in [1.807, 2.05) is 18.3 Å². The maximum atomic E-state index is 11.0. The van der Waals surface area contributed by atoms with Gasteiger partial charge in [-0.1, -0.05) is 42.5 Å². The smallest absolute Gasteiger partial charge is 0.0605 e. The lowest BCUT2D eigenvalue weighted by Crippen LogP contribution is -2.25. The maximum Gasteiger partial charge on any atom is 0.0605 e. The lowest BCUT2D eigenvalue weighted by molar-refractivity contribution is 0.447. The molecule has 0 fully saturated rings. The van der Waals surface area contributed by atoms with E-state index in [9.17, 15) is 8.76 Å². The summed E-state index contributed by atoms with van der Waals surface area (Å²) < 4.78 is 22.0. The summed E-state index contributed by atoms with van der Waals surface area (Å²) >= 11 is -2.17.